The van der Waals surface area contributed by atoms with E-state index in [1.54, 1.807) is 24.3 Å². The molecule has 1 aromatic carbocycles. The predicted molar refractivity (Wildman–Crippen MR) is 94.7 cm³/mol. The van der Waals surface area contributed by atoms with Crippen LogP contribution in [-0.4, -0.2) is 37.1 Å². The zero-order chi connectivity index (χ0) is 18.7. The molecule has 1 unspecified atom stereocenters. The molecule has 0 spiro atoms. The van der Waals surface area contributed by atoms with Gasteiger partial charge in [0.25, 0.3) is 0 Å². The molecular formula is C18H25N3O4. The van der Waals surface area contributed by atoms with Crippen molar-refractivity contribution in [2.75, 3.05) is 18.4 Å². The molecule has 1 atom stereocenters. The molecule has 0 saturated heterocycles. The second-order valence-corrected chi connectivity index (χ2v) is 5.99. The van der Waals surface area contributed by atoms with Crippen LogP contribution in [0.4, 0.5) is 5.69 Å². The van der Waals surface area contributed by atoms with E-state index in [-0.39, 0.29) is 49.1 Å². The normalized spacial score (nSPS) is 11.5. The summed E-state index contributed by atoms with van der Waals surface area (Å²) < 4.78 is 0. The summed E-state index contributed by atoms with van der Waals surface area (Å²) >= 11 is 0. The van der Waals surface area contributed by atoms with Crippen molar-refractivity contribution in [2.24, 2.45) is 11.8 Å². The molecule has 7 heteroatoms. The fraction of sp³-hybridized carbons (Fsp3) is 0.444. The quantitative estimate of drug-likeness (QED) is 0.551. The number of rotatable bonds is 10. The number of anilines is 1. The van der Waals surface area contributed by atoms with Gasteiger partial charge in [-0.3, -0.25) is 14.4 Å². The van der Waals surface area contributed by atoms with Crippen molar-refractivity contribution in [3.63, 3.8) is 0 Å². The largest absolute Gasteiger partial charge is 0.349 e. The number of hydrogen-bond acceptors (Lipinski definition) is 4. The molecule has 0 bridgehead atoms. The van der Waals surface area contributed by atoms with E-state index in [1.807, 2.05) is 19.9 Å². The lowest BCUT2D eigenvalue weighted by Crippen LogP contribution is -2.36. The van der Waals surface area contributed by atoms with Gasteiger partial charge < -0.3 is 20.7 Å². The van der Waals surface area contributed by atoms with E-state index in [0.717, 1.165) is 0 Å². The Morgan fingerprint density at radius 2 is 1.72 bits per heavy atom. The van der Waals surface area contributed by atoms with Crippen LogP contribution in [0, 0.1) is 11.8 Å². The van der Waals surface area contributed by atoms with Crippen molar-refractivity contribution >= 4 is 29.7 Å². The Morgan fingerprint density at radius 1 is 1.04 bits per heavy atom. The Labute approximate surface area is 147 Å². The smallest absolute Gasteiger partial charge is 0.243 e. The van der Waals surface area contributed by atoms with Gasteiger partial charge in [-0.25, -0.2) is 0 Å². The van der Waals surface area contributed by atoms with Gasteiger partial charge in [-0.1, -0.05) is 32.0 Å². The summed E-state index contributed by atoms with van der Waals surface area (Å²) in [4.78, 5) is 45.9. The average molecular weight is 347 g/mol. The molecule has 0 aliphatic rings. The molecule has 0 aliphatic heterocycles. The van der Waals surface area contributed by atoms with Gasteiger partial charge in [0.1, 0.15) is 6.29 Å². The van der Waals surface area contributed by atoms with Gasteiger partial charge in [0, 0.05) is 18.0 Å². The van der Waals surface area contributed by atoms with E-state index in [9.17, 15) is 19.2 Å². The van der Waals surface area contributed by atoms with Crippen LogP contribution in [0.15, 0.2) is 30.3 Å². The molecule has 7 nitrogen and oxygen atoms in total. The van der Waals surface area contributed by atoms with E-state index in [0.29, 0.717) is 18.4 Å². The summed E-state index contributed by atoms with van der Waals surface area (Å²) in [5, 5.41) is 7.72. The molecule has 1 aromatic rings. The molecule has 1 rings (SSSR count). The Balaban J connectivity index is 2.35. The second kappa shape index (κ2) is 11.0. The average Bonchev–Trinajstić information content (AvgIpc) is 2.58. The SMILES string of the molecule is CC(C)C(CCC(=O)NCC(=O)Nc1ccccc1)C(=O)NCC=O. The van der Waals surface area contributed by atoms with Crippen molar-refractivity contribution in [1.82, 2.24) is 10.6 Å². The molecule has 0 aromatic heterocycles. The lowest BCUT2D eigenvalue weighted by Gasteiger charge is -2.19. The summed E-state index contributed by atoms with van der Waals surface area (Å²) in [7, 11) is 0. The fourth-order valence-corrected chi connectivity index (χ4v) is 2.32. The van der Waals surface area contributed by atoms with Gasteiger partial charge in [0.2, 0.25) is 17.7 Å². The van der Waals surface area contributed by atoms with Gasteiger partial charge in [-0.15, -0.1) is 0 Å². The minimum absolute atomic E-state index is 0.0338. The summed E-state index contributed by atoms with van der Waals surface area (Å²) in [5.74, 6) is -1.16. The Kier molecular flexibility index (Phi) is 8.92. The highest BCUT2D eigenvalue weighted by Crippen LogP contribution is 2.17. The number of carbonyl (C=O) groups is 4. The topological polar surface area (TPSA) is 104 Å². The van der Waals surface area contributed by atoms with E-state index in [4.69, 9.17) is 0 Å². The maximum atomic E-state index is 12.0. The monoisotopic (exact) mass is 347 g/mol. The first-order chi connectivity index (χ1) is 11.9. The van der Waals surface area contributed by atoms with E-state index < -0.39 is 0 Å². The fourth-order valence-electron chi connectivity index (χ4n) is 2.32. The van der Waals surface area contributed by atoms with E-state index >= 15 is 0 Å². The van der Waals surface area contributed by atoms with Crippen LogP contribution in [0.2, 0.25) is 0 Å². The number of benzene rings is 1. The number of hydrogen-bond donors (Lipinski definition) is 3. The Hall–Kier alpha value is -2.70. The van der Waals surface area contributed by atoms with Crippen molar-refractivity contribution in [2.45, 2.75) is 26.7 Å². The Bertz CT molecular complexity index is 587. The highest BCUT2D eigenvalue weighted by molar-refractivity contribution is 5.94. The third kappa shape index (κ3) is 8.10. The minimum Gasteiger partial charge on any atom is -0.349 e. The number of para-hydroxylation sites is 1. The number of carbonyl (C=O) groups excluding carboxylic acids is 4. The first kappa shape index (κ1) is 20.3. The van der Waals surface area contributed by atoms with Gasteiger partial charge in [-0.05, 0) is 24.5 Å². The lowest BCUT2D eigenvalue weighted by molar-refractivity contribution is -0.128. The molecule has 25 heavy (non-hydrogen) atoms. The molecule has 0 radical (unpaired) electrons. The number of nitrogens with one attached hydrogen (secondary N) is 3. The number of amides is 3. The first-order valence-electron chi connectivity index (χ1n) is 8.27. The molecule has 0 aliphatic carbocycles. The van der Waals surface area contributed by atoms with Gasteiger partial charge in [-0.2, -0.15) is 0 Å². The van der Waals surface area contributed by atoms with Crippen molar-refractivity contribution in [3.05, 3.63) is 30.3 Å². The summed E-state index contributed by atoms with van der Waals surface area (Å²) in [6.45, 7) is 3.61. The van der Waals surface area contributed by atoms with E-state index in [2.05, 4.69) is 16.0 Å². The summed E-state index contributed by atoms with van der Waals surface area (Å²) in [6.07, 6.45) is 1.11. The predicted octanol–water partition coefficient (Wildman–Crippen LogP) is 1.11. The molecule has 3 N–H and O–H groups in total. The van der Waals surface area contributed by atoms with Crippen LogP contribution in [0.1, 0.15) is 26.7 Å². The van der Waals surface area contributed by atoms with Crippen LogP contribution >= 0.6 is 0 Å². The highest BCUT2D eigenvalue weighted by Gasteiger charge is 2.22. The van der Waals surface area contributed by atoms with Crippen LogP contribution in [0.3, 0.4) is 0 Å². The summed E-state index contributed by atoms with van der Waals surface area (Å²) in [6, 6.07) is 8.95. The number of aldehydes is 1. The second-order valence-electron chi connectivity index (χ2n) is 5.99. The molecule has 3 amide bonds. The zero-order valence-corrected chi connectivity index (χ0v) is 14.6. The van der Waals surface area contributed by atoms with Gasteiger partial charge >= 0.3 is 0 Å². The molecular weight excluding hydrogens is 322 g/mol. The van der Waals surface area contributed by atoms with Crippen LogP contribution in [0.5, 0.6) is 0 Å². The lowest BCUT2D eigenvalue weighted by atomic mass is 9.90. The summed E-state index contributed by atoms with van der Waals surface area (Å²) in [5.41, 5.74) is 0.661. The van der Waals surface area contributed by atoms with Crippen molar-refractivity contribution in [1.29, 1.82) is 0 Å². The zero-order valence-electron chi connectivity index (χ0n) is 14.6. The molecule has 136 valence electrons. The standard InChI is InChI=1S/C18H25N3O4/c1-13(2)15(18(25)19-10-11-22)8-9-16(23)20-12-17(24)21-14-6-4-3-5-7-14/h3-7,11,13,15H,8-10,12H2,1-2H3,(H,19,25)(H,20,23)(H,21,24). The van der Waals surface area contributed by atoms with Crippen LogP contribution < -0.4 is 16.0 Å². The minimum atomic E-state index is -0.358. The van der Waals surface area contributed by atoms with Crippen LogP contribution in [-0.2, 0) is 19.2 Å². The van der Waals surface area contributed by atoms with E-state index in [1.165, 1.54) is 0 Å². The maximum Gasteiger partial charge on any atom is 0.243 e. The molecule has 0 fully saturated rings. The molecule has 0 saturated carbocycles. The Morgan fingerprint density at radius 3 is 2.32 bits per heavy atom. The highest BCUT2D eigenvalue weighted by atomic mass is 16.2. The van der Waals surface area contributed by atoms with Gasteiger partial charge in [0.05, 0.1) is 13.1 Å². The van der Waals surface area contributed by atoms with Crippen LogP contribution in [0.25, 0.3) is 0 Å². The maximum absolute atomic E-state index is 12.0. The third-order valence-corrected chi connectivity index (χ3v) is 3.69. The third-order valence-electron chi connectivity index (χ3n) is 3.69. The van der Waals surface area contributed by atoms with Gasteiger partial charge in [0.15, 0.2) is 0 Å². The first-order valence-corrected chi connectivity index (χ1v) is 8.27. The molecule has 0 heterocycles. The van der Waals surface area contributed by atoms with Crippen molar-refractivity contribution in [3.8, 4) is 0 Å². The van der Waals surface area contributed by atoms with Crippen molar-refractivity contribution < 1.29 is 19.2 Å².